The van der Waals surface area contributed by atoms with Crippen molar-refractivity contribution in [2.24, 2.45) is 5.41 Å². The molecule has 0 saturated carbocycles. The first-order chi connectivity index (χ1) is 7.77. The molecule has 92 valence electrons. The van der Waals surface area contributed by atoms with Gasteiger partial charge < -0.3 is 14.8 Å². The molecular weight excluding hydrogens is 206 g/mol. The Balaban J connectivity index is 1.95. The van der Waals surface area contributed by atoms with Gasteiger partial charge in [0.05, 0.1) is 18.6 Å². The van der Waals surface area contributed by atoms with Crippen LogP contribution in [0.15, 0.2) is 0 Å². The first kappa shape index (κ1) is 11.9. The number of carbonyl (C=O) groups is 1. The van der Waals surface area contributed by atoms with Crippen molar-refractivity contribution in [3.8, 4) is 0 Å². The van der Waals surface area contributed by atoms with Crippen molar-refractivity contribution in [1.82, 2.24) is 5.32 Å². The van der Waals surface area contributed by atoms with E-state index < -0.39 is 0 Å². The van der Waals surface area contributed by atoms with E-state index in [1.807, 2.05) is 0 Å². The summed E-state index contributed by atoms with van der Waals surface area (Å²) in [5, 5.41) is 3.32. The number of esters is 1. The van der Waals surface area contributed by atoms with Crippen LogP contribution < -0.4 is 5.32 Å². The molecule has 2 saturated heterocycles. The van der Waals surface area contributed by atoms with E-state index >= 15 is 0 Å². The van der Waals surface area contributed by atoms with Gasteiger partial charge in [-0.1, -0.05) is 13.3 Å². The lowest BCUT2D eigenvalue weighted by Gasteiger charge is -2.37. The van der Waals surface area contributed by atoms with Crippen molar-refractivity contribution in [2.45, 2.75) is 38.7 Å². The van der Waals surface area contributed by atoms with Gasteiger partial charge in [-0.25, -0.2) is 0 Å². The summed E-state index contributed by atoms with van der Waals surface area (Å²) < 4.78 is 10.5. The number of rotatable bonds is 4. The minimum atomic E-state index is -0.275. The van der Waals surface area contributed by atoms with Crippen LogP contribution >= 0.6 is 0 Å². The molecule has 0 aromatic carbocycles. The summed E-state index contributed by atoms with van der Waals surface area (Å²) in [7, 11) is 0. The van der Waals surface area contributed by atoms with E-state index in [-0.39, 0.29) is 17.5 Å². The predicted molar refractivity (Wildman–Crippen MR) is 60.1 cm³/mol. The van der Waals surface area contributed by atoms with Crippen LogP contribution in [0.5, 0.6) is 0 Å². The second kappa shape index (κ2) is 5.15. The van der Waals surface area contributed by atoms with Crippen molar-refractivity contribution in [1.29, 1.82) is 0 Å². The Kier molecular flexibility index (Phi) is 3.82. The summed E-state index contributed by atoms with van der Waals surface area (Å²) in [4.78, 5) is 12.2. The average Bonchev–Trinajstić information content (AvgIpc) is 2.25. The smallest absolute Gasteiger partial charge is 0.313 e. The molecule has 2 aliphatic rings. The third kappa shape index (κ3) is 2.38. The SMILES string of the molecule is CCCC1(C(=O)OC2COC2)CCCNC1. The summed E-state index contributed by atoms with van der Waals surface area (Å²) in [5.41, 5.74) is -0.275. The van der Waals surface area contributed by atoms with Gasteiger partial charge in [0.25, 0.3) is 0 Å². The first-order valence-electron chi connectivity index (χ1n) is 6.26. The molecule has 0 bridgehead atoms. The summed E-state index contributed by atoms with van der Waals surface area (Å²) in [5.74, 6) is -0.0187. The van der Waals surface area contributed by atoms with Gasteiger partial charge in [-0.3, -0.25) is 4.79 Å². The number of nitrogens with one attached hydrogen (secondary N) is 1. The Morgan fingerprint density at radius 2 is 2.38 bits per heavy atom. The number of hydrogen-bond acceptors (Lipinski definition) is 4. The maximum absolute atomic E-state index is 12.2. The zero-order valence-corrected chi connectivity index (χ0v) is 9.96. The van der Waals surface area contributed by atoms with Crippen LogP contribution in [-0.2, 0) is 14.3 Å². The Bertz CT molecular complexity index is 239. The van der Waals surface area contributed by atoms with E-state index in [0.717, 1.165) is 38.8 Å². The highest BCUT2D eigenvalue weighted by molar-refractivity contribution is 5.77. The molecule has 2 aliphatic heterocycles. The number of hydrogen-bond donors (Lipinski definition) is 1. The molecule has 2 heterocycles. The third-order valence-corrected chi connectivity index (χ3v) is 3.52. The Labute approximate surface area is 96.7 Å². The quantitative estimate of drug-likeness (QED) is 0.731. The maximum atomic E-state index is 12.2. The number of carbonyl (C=O) groups excluding carboxylic acids is 1. The fourth-order valence-electron chi connectivity index (χ4n) is 2.49. The highest BCUT2D eigenvalue weighted by atomic mass is 16.6. The molecule has 16 heavy (non-hydrogen) atoms. The zero-order chi connectivity index (χ0) is 11.4. The normalized spacial score (nSPS) is 30.8. The summed E-state index contributed by atoms with van der Waals surface area (Å²) >= 11 is 0. The Hall–Kier alpha value is -0.610. The van der Waals surface area contributed by atoms with E-state index in [9.17, 15) is 4.79 Å². The Morgan fingerprint density at radius 1 is 1.56 bits per heavy atom. The van der Waals surface area contributed by atoms with Crippen LogP contribution in [0.1, 0.15) is 32.6 Å². The lowest BCUT2D eigenvalue weighted by atomic mass is 9.77. The number of ether oxygens (including phenoxy) is 2. The van der Waals surface area contributed by atoms with Gasteiger partial charge in [0.1, 0.15) is 6.10 Å². The van der Waals surface area contributed by atoms with Crippen LogP contribution in [0.4, 0.5) is 0 Å². The van der Waals surface area contributed by atoms with Gasteiger partial charge >= 0.3 is 5.97 Å². The van der Waals surface area contributed by atoms with E-state index in [1.165, 1.54) is 0 Å². The van der Waals surface area contributed by atoms with Crippen LogP contribution in [-0.4, -0.2) is 38.4 Å². The zero-order valence-electron chi connectivity index (χ0n) is 9.96. The fourth-order valence-corrected chi connectivity index (χ4v) is 2.49. The van der Waals surface area contributed by atoms with Crippen molar-refractivity contribution in [3.63, 3.8) is 0 Å². The van der Waals surface area contributed by atoms with Gasteiger partial charge in [-0.2, -0.15) is 0 Å². The van der Waals surface area contributed by atoms with Crippen LogP contribution in [0.3, 0.4) is 0 Å². The van der Waals surface area contributed by atoms with Gasteiger partial charge in [-0.05, 0) is 25.8 Å². The lowest BCUT2D eigenvalue weighted by molar-refractivity contribution is -0.185. The van der Waals surface area contributed by atoms with Crippen molar-refractivity contribution < 1.29 is 14.3 Å². The van der Waals surface area contributed by atoms with E-state index in [1.54, 1.807) is 0 Å². The standard InChI is InChI=1S/C12H21NO3/c1-2-4-12(5-3-6-13-9-12)11(14)16-10-7-15-8-10/h10,13H,2-9H2,1H3. The largest absolute Gasteiger partial charge is 0.457 e. The van der Waals surface area contributed by atoms with Gasteiger partial charge in [-0.15, -0.1) is 0 Å². The molecule has 0 spiro atoms. The molecule has 0 aromatic heterocycles. The van der Waals surface area contributed by atoms with Crippen molar-refractivity contribution >= 4 is 5.97 Å². The third-order valence-electron chi connectivity index (χ3n) is 3.52. The molecule has 2 fully saturated rings. The van der Waals surface area contributed by atoms with E-state index in [2.05, 4.69) is 12.2 Å². The molecule has 2 rings (SSSR count). The van der Waals surface area contributed by atoms with E-state index in [0.29, 0.717) is 13.2 Å². The molecule has 0 amide bonds. The first-order valence-corrected chi connectivity index (χ1v) is 6.26. The molecule has 1 unspecified atom stereocenters. The topological polar surface area (TPSA) is 47.6 Å². The average molecular weight is 227 g/mol. The summed E-state index contributed by atoms with van der Waals surface area (Å²) in [6.07, 6.45) is 3.98. The second-order valence-electron chi connectivity index (χ2n) is 4.88. The summed E-state index contributed by atoms with van der Waals surface area (Å²) in [6.45, 7) is 5.05. The van der Waals surface area contributed by atoms with E-state index in [4.69, 9.17) is 9.47 Å². The van der Waals surface area contributed by atoms with Crippen LogP contribution in [0, 0.1) is 5.41 Å². The minimum absolute atomic E-state index is 0.00292. The summed E-state index contributed by atoms with van der Waals surface area (Å²) in [6, 6.07) is 0. The van der Waals surface area contributed by atoms with Gasteiger partial charge in [0.15, 0.2) is 0 Å². The monoisotopic (exact) mass is 227 g/mol. The van der Waals surface area contributed by atoms with Gasteiger partial charge in [0.2, 0.25) is 0 Å². The molecule has 4 nitrogen and oxygen atoms in total. The van der Waals surface area contributed by atoms with Crippen LogP contribution in [0.2, 0.25) is 0 Å². The molecular formula is C12H21NO3. The van der Waals surface area contributed by atoms with Crippen molar-refractivity contribution in [2.75, 3.05) is 26.3 Å². The molecule has 0 aromatic rings. The lowest BCUT2D eigenvalue weighted by Crippen LogP contribution is -2.49. The molecule has 1 N–H and O–H groups in total. The molecule has 4 heteroatoms. The Morgan fingerprint density at radius 3 is 2.88 bits per heavy atom. The molecule has 0 aliphatic carbocycles. The fraction of sp³-hybridized carbons (Fsp3) is 0.917. The molecule has 0 radical (unpaired) electrons. The number of piperidine rings is 1. The maximum Gasteiger partial charge on any atom is 0.313 e. The minimum Gasteiger partial charge on any atom is -0.457 e. The van der Waals surface area contributed by atoms with Crippen LogP contribution in [0.25, 0.3) is 0 Å². The molecule has 1 atom stereocenters. The van der Waals surface area contributed by atoms with Crippen molar-refractivity contribution in [3.05, 3.63) is 0 Å². The predicted octanol–water partition coefficient (Wildman–Crippen LogP) is 1.10. The highest BCUT2D eigenvalue weighted by Crippen LogP contribution is 2.33. The van der Waals surface area contributed by atoms with Gasteiger partial charge in [0, 0.05) is 6.54 Å². The highest BCUT2D eigenvalue weighted by Gasteiger charge is 2.41. The second-order valence-corrected chi connectivity index (χ2v) is 4.88.